The van der Waals surface area contributed by atoms with Crippen molar-refractivity contribution in [1.29, 1.82) is 0 Å². The third-order valence-corrected chi connectivity index (χ3v) is 7.41. The molecule has 1 aromatic carbocycles. The number of amides is 1. The molecule has 178 valence electrons. The fraction of sp³-hybridized carbons (Fsp3) is 0.458. The quantitative estimate of drug-likeness (QED) is 0.483. The molecule has 0 spiro atoms. The number of carbonyl (C=O) groups excluding carboxylic acids is 1. The molecule has 2 N–H and O–H groups in total. The lowest BCUT2D eigenvalue weighted by atomic mass is 9.91. The van der Waals surface area contributed by atoms with Crippen LogP contribution in [0, 0.1) is 35.4 Å². The fourth-order valence-electron chi connectivity index (χ4n) is 5.75. The zero-order valence-corrected chi connectivity index (χ0v) is 18.0. The van der Waals surface area contributed by atoms with Gasteiger partial charge in [0.2, 0.25) is 5.91 Å². The van der Waals surface area contributed by atoms with Gasteiger partial charge in [0.05, 0.1) is 11.6 Å². The van der Waals surface area contributed by atoms with Crippen LogP contribution in [0.15, 0.2) is 36.5 Å². The number of aromatic nitrogens is 3. The molecule has 1 amide bonds. The summed E-state index contributed by atoms with van der Waals surface area (Å²) in [5.41, 5.74) is -0.324. The number of rotatable bonds is 6. The van der Waals surface area contributed by atoms with Crippen LogP contribution in [0.1, 0.15) is 31.4 Å². The van der Waals surface area contributed by atoms with Gasteiger partial charge in [-0.25, -0.2) is 4.39 Å². The molecule has 0 radical (unpaired) electrons. The Balaban J connectivity index is 1.11. The van der Waals surface area contributed by atoms with E-state index in [9.17, 15) is 22.4 Å². The van der Waals surface area contributed by atoms with E-state index in [0.717, 1.165) is 31.7 Å². The molecule has 3 aliphatic carbocycles. The highest BCUT2D eigenvalue weighted by atomic mass is 19.4. The van der Waals surface area contributed by atoms with Gasteiger partial charge in [-0.15, -0.1) is 0 Å². The average Bonchev–Trinajstić information content (AvgIpc) is 3.61. The molecule has 2 aromatic heterocycles. The molecule has 34 heavy (non-hydrogen) atoms. The monoisotopic (exact) mass is 474 g/mol. The van der Waals surface area contributed by atoms with E-state index in [4.69, 9.17) is 4.74 Å². The summed E-state index contributed by atoms with van der Waals surface area (Å²) in [6.45, 7) is 0. The number of nitrogens with zero attached hydrogens (tertiary/aromatic N) is 2. The first-order valence-corrected chi connectivity index (χ1v) is 11.4. The summed E-state index contributed by atoms with van der Waals surface area (Å²) < 4.78 is 58.4. The van der Waals surface area contributed by atoms with Crippen molar-refractivity contribution in [1.82, 2.24) is 15.2 Å². The summed E-state index contributed by atoms with van der Waals surface area (Å²) in [6.07, 6.45) is 0.579. The maximum absolute atomic E-state index is 13.7. The number of halogens is 4. The topological polar surface area (TPSA) is 79.9 Å². The number of anilines is 1. The highest BCUT2D eigenvalue weighted by molar-refractivity contribution is 5.92. The summed E-state index contributed by atoms with van der Waals surface area (Å²) in [4.78, 5) is 17.2. The molecule has 6 rings (SSSR count). The van der Waals surface area contributed by atoms with Crippen molar-refractivity contribution in [2.45, 2.75) is 38.0 Å². The lowest BCUT2D eigenvalue weighted by molar-refractivity contribution is -0.141. The Hall–Kier alpha value is -3.17. The van der Waals surface area contributed by atoms with Crippen molar-refractivity contribution < 1.29 is 27.1 Å². The second-order valence-corrected chi connectivity index (χ2v) is 9.60. The van der Waals surface area contributed by atoms with Crippen LogP contribution in [0.4, 0.5) is 23.4 Å². The Morgan fingerprint density at radius 3 is 2.59 bits per heavy atom. The van der Waals surface area contributed by atoms with E-state index >= 15 is 0 Å². The van der Waals surface area contributed by atoms with Gasteiger partial charge < -0.3 is 10.1 Å². The van der Waals surface area contributed by atoms with Crippen LogP contribution in [0.25, 0.3) is 10.9 Å². The van der Waals surface area contributed by atoms with Gasteiger partial charge in [0.25, 0.3) is 0 Å². The zero-order chi connectivity index (χ0) is 23.6. The van der Waals surface area contributed by atoms with E-state index < -0.39 is 11.9 Å². The van der Waals surface area contributed by atoms with Gasteiger partial charge in [-0.05, 0) is 73.6 Å². The number of nitrogens with one attached hydrogen (secondary N) is 2. The number of alkyl halides is 3. The molecular weight excluding hydrogens is 452 g/mol. The third kappa shape index (κ3) is 3.88. The normalized spacial score (nSPS) is 26.8. The number of hydrogen-bond donors (Lipinski definition) is 2. The number of pyridine rings is 1. The number of aromatic amines is 1. The molecule has 0 saturated heterocycles. The van der Waals surface area contributed by atoms with Crippen LogP contribution in [-0.4, -0.2) is 27.2 Å². The van der Waals surface area contributed by atoms with Gasteiger partial charge in [0.15, 0.2) is 5.82 Å². The maximum Gasteiger partial charge on any atom is 0.432 e. The van der Waals surface area contributed by atoms with Crippen LogP contribution in [0.2, 0.25) is 0 Å². The molecule has 3 saturated carbocycles. The zero-order valence-electron chi connectivity index (χ0n) is 18.0. The molecular formula is C24H22F4N4O2. The van der Waals surface area contributed by atoms with Gasteiger partial charge in [-0.3, -0.25) is 14.9 Å². The Morgan fingerprint density at radius 1 is 1.15 bits per heavy atom. The van der Waals surface area contributed by atoms with Crippen LogP contribution < -0.4 is 10.1 Å². The van der Waals surface area contributed by atoms with E-state index in [1.807, 2.05) is 5.10 Å². The summed E-state index contributed by atoms with van der Waals surface area (Å²) >= 11 is 0. The summed E-state index contributed by atoms with van der Waals surface area (Å²) in [5.74, 6) is 0.829. The number of carbonyl (C=O) groups is 1. The van der Waals surface area contributed by atoms with Crippen molar-refractivity contribution in [3.05, 3.63) is 48.0 Å². The van der Waals surface area contributed by atoms with E-state index in [1.165, 1.54) is 12.1 Å². The molecule has 0 aliphatic heterocycles. The first kappa shape index (κ1) is 21.4. The Bertz CT molecular complexity index is 1240. The fourth-order valence-corrected chi connectivity index (χ4v) is 5.75. The Morgan fingerprint density at radius 2 is 1.91 bits per heavy atom. The minimum atomic E-state index is -4.54. The minimum absolute atomic E-state index is 0.0243. The Kier molecular flexibility index (Phi) is 4.82. The molecule has 10 heteroatoms. The predicted molar refractivity (Wildman–Crippen MR) is 114 cm³/mol. The maximum atomic E-state index is 13.7. The molecule has 5 atom stereocenters. The van der Waals surface area contributed by atoms with Crippen molar-refractivity contribution in [2.24, 2.45) is 29.6 Å². The first-order chi connectivity index (χ1) is 16.3. The molecule has 3 fully saturated rings. The van der Waals surface area contributed by atoms with Crippen LogP contribution in [-0.2, 0) is 11.0 Å². The Labute approximate surface area is 192 Å². The number of hydrogen-bond acceptors (Lipinski definition) is 4. The third-order valence-electron chi connectivity index (χ3n) is 7.41. The van der Waals surface area contributed by atoms with Crippen molar-refractivity contribution in [3.63, 3.8) is 0 Å². The molecule has 1 unspecified atom stereocenters. The van der Waals surface area contributed by atoms with Gasteiger partial charge in [-0.1, -0.05) is 0 Å². The number of benzene rings is 1. The van der Waals surface area contributed by atoms with E-state index in [0.29, 0.717) is 28.5 Å². The van der Waals surface area contributed by atoms with Crippen molar-refractivity contribution >= 4 is 22.6 Å². The van der Waals surface area contributed by atoms with E-state index in [2.05, 4.69) is 15.4 Å². The van der Waals surface area contributed by atoms with Crippen molar-refractivity contribution in [2.75, 3.05) is 5.32 Å². The summed E-state index contributed by atoms with van der Waals surface area (Å²) in [6, 6.07) is 6.97. The standard InChI is InChI=1S/C24H22F4N4O2/c25-12-3-4-17-16(7-12)18(5-6-29-17)34-13-8-14-15(9-13)22(14)21(11-1-2-11)23(33)30-20-10-19(31-32-20)24(26,27)28/h3-7,10-11,13-15,21-22H,1-2,8-9H2,(H2,30,31,32,33)/t13-,14-,15+,21?,22+. The van der Waals surface area contributed by atoms with Crippen LogP contribution in [0.3, 0.4) is 0 Å². The smallest absolute Gasteiger partial charge is 0.432 e. The lowest BCUT2D eigenvalue weighted by Crippen LogP contribution is -2.29. The molecule has 3 aromatic rings. The number of H-pyrrole nitrogens is 1. The van der Waals surface area contributed by atoms with Gasteiger partial charge in [0.1, 0.15) is 17.3 Å². The molecule has 6 nitrogen and oxygen atoms in total. The van der Waals surface area contributed by atoms with Crippen LogP contribution >= 0.6 is 0 Å². The lowest BCUT2D eigenvalue weighted by Gasteiger charge is -2.21. The highest BCUT2D eigenvalue weighted by Gasteiger charge is 2.63. The van der Waals surface area contributed by atoms with Crippen LogP contribution in [0.5, 0.6) is 5.75 Å². The van der Waals surface area contributed by atoms with E-state index in [1.54, 1.807) is 18.3 Å². The van der Waals surface area contributed by atoms with E-state index in [-0.39, 0.29) is 41.4 Å². The number of ether oxygens (including phenoxy) is 1. The second kappa shape index (κ2) is 7.68. The number of fused-ring (bicyclic) bond motifs is 2. The first-order valence-electron chi connectivity index (χ1n) is 11.4. The molecule has 0 bridgehead atoms. The van der Waals surface area contributed by atoms with Crippen molar-refractivity contribution in [3.8, 4) is 5.75 Å². The van der Waals surface area contributed by atoms with Gasteiger partial charge >= 0.3 is 6.18 Å². The second-order valence-electron chi connectivity index (χ2n) is 9.60. The molecule has 2 heterocycles. The minimum Gasteiger partial charge on any atom is -0.490 e. The average molecular weight is 474 g/mol. The van der Waals surface area contributed by atoms with Gasteiger partial charge in [0, 0.05) is 23.6 Å². The van der Waals surface area contributed by atoms with Gasteiger partial charge in [-0.2, -0.15) is 18.3 Å². The largest absolute Gasteiger partial charge is 0.490 e. The summed E-state index contributed by atoms with van der Waals surface area (Å²) in [5, 5.41) is 8.75. The SMILES string of the molecule is O=C(Nc1cc(C(F)(F)F)[nH]n1)C(C1CC1)[C@H]1[C@@H]2C[C@@H](Oc3ccnc4ccc(F)cc34)C[C@@H]21. The molecule has 3 aliphatic rings. The predicted octanol–water partition coefficient (Wildman–Crippen LogP) is 5.18. The highest BCUT2D eigenvalue weighted by Crippen LogP contribution is 2.64. The summed E-state index contributed by atoms with van der Waals surface area (Å²) in [7, 11) is 0.